The number of fused-ring (bicyclic) bond motifs is 1. The van der Waals surface area contributed by atoms with E-state index in [0.717, 1.165) is 24.3 Å². The molecule has 8 heteroatoms. The van der Waals surface area contributed by atoms with Gasteiger partial charge >= 0.3 is 0 Å². The van der Waals surface area contributed by atoms with Crippen molar-refractivity contribution in [3.63, 3.8) is 0 Å². The van der Waals surface area contributed by atoms with E-state index in [1.165, 1.54) is 0 Å². The standard InChI is InChI=1S/C27H25N5O2S/c1-20-11-13-22(14-12-20)35(33,34)25(19-28)26-27(30-24-10-6-5-9-23(24)29-26)32-17-15-31(16-18-32)21-7-3-2-4-8-21/h2-14,25H,15-18H2,1H3. The van der Waals surface area contributed by atoms with Crippen molar-refractivity contribution in [2.45, 2.75) is 17.1 Å². The minimum absolute atomic E-state index is 0.101. The van der Waals surface area contributed by atoms with Crippen LogP contribution in [-0.4, -0.2) is 44.6 Å². The number of aryl methyl sites for hydroxylation is 1. The molecular weight excluding hydrogens is 458 g/mol. The van der Waals surface area contributed by atoms with Crippen LogP contribution in [0, 0.1) is 18.3 Å². The van der Waals surface area contributed by atoms with Gasteiger partial charge in [0.1, 0.15) is 5.69 Å². The fourth-order valence-electron chi connectivity index (χ4n) is 4.37. The first kappa shape index (κ1) is 22.8. The highest BCUT2D eigenvalue weighted by molar-refractivity contribution is 7.92. The van der Waals surface area contributed by atoms with E-state index in [4.69, 9.17) is 4.98 Å². The SMILES string of the molecule is Cc1ccc(S(=O)(=O)C(C#N)c2nc3ccccc3nc2N2CCN(c3ccccc3)CC2)cc1. The molecule has 0 spiro atoms. The highest BCUT2D eigenvalue weighted by atomic mass is 32.2. The maximum Gasteiger partial charge on any atom is 0.200 e. The fourth-order valence-corrected chi connectivity index (χ4v) is 5.75. The van der Waals surface area contributed by atoms with Crippen LogP contribution in [0.25, 0.3) is 11.0 Å². The molecule has 1 aromatic heterocycles. The Morgan fingerprint density at radius 3 is 2.00 bits per heavy atom. The number of hydrogen-bond acceptors (Lipinski definition) is 7. The summed E-state index contributed by atoms with van der Waals surface area (Å²) in [4.78, 5) is 13.9. The van der Waals surface area contributed by atoms with E-state index in [-0.39, 0.29) is 10.6 Å². The van der Waals surface area contributed by atoms with Crippen molar-refractivity contribution in [3.8, 4) is 6.07 Å². The smallest absolute Gasteiger partial charge is 0.200 e. The van der Waals surface area contributed by atoms with Crippen molar-refractivity contribution < 1.29 is 8.42 Å². The Labute approximate surface area is 205 Å². The predicted molar refractivity (Wildman–Crippen MR) is 137 cm³/mol. The number of nitriles is 1. The molecule has 1 saturated heterocycles. The molecule has 3 aromatic carbocycles. The largest absolute Gasteiger partial charge is 0.368 e. The van der Waals surface area contributed by atoms with Gasteiger partial charge in [-0.3, -0.25) is 0 Å². The van der Waals surface area contributed by atoms with Crippen molar-refractivity contribution in [2.24, 2.45) is 0 Å². The van der Waals surface area contributed by atoms with Crippen LogP contribution < -0.4 is 9.80 Å². The topological polar surface area (TPSA) is 90.2 Å². The lowest BCUT2D eigenvalue weighted by atomic mass is 10.2. The third-order valence-corrected chi connectivity index (χ3v) is 8.18. The van der Waals surface area contributed by atoms with Gasteiger partial charge in [0.05, 0.1) is 22.0 Å². The van der Waals surface area contributed by atoms with E-state index >= 15 is 0 Å². The van der Waals surface area contributed by atoms with Gasteiger partial charge < -0.3 is 9.80 Å². The first-order chi connectivity index (χ1) is 17.0. The summed E-state index contributed by atoms with van der Waals surface area (Å²) >= 11 is 0. The molecule has 0 radical (unpaired) electrons. The minimum Gasteiger partial charge on any atom is -0.368 e. The number of piperazine rings is 1. The maximum atomic E-state index is 13.6. The first-order valence-electron chi connectivity index (χ1n) is 11.5. The second-order valence-electron chi connectivity index (χ2n) is 8.60. The van der Waals surface area contributed by atoms with E-state index in [1.54, 1.807) is 30.3 Å². The number of rotatable bonds is 5. The number of anilines is 2. The van der Waals surface area contributed by atoms with Crippen molar-refractivity contribution in [1.82, 2.24) is 9.97 Å². The second-order valence-corrected chi connectivity index (χ2v) is 10.6. The van der Waals surface area contributed by atoms with Gasteiger partial charge in [0.15, 0.2) is 11.1 Å². The number of benzene rings is 3. The van der Waals surface area contributed by atoms with Crippen molar-refractivity contribution in [3.05, 3.63) is 90.1 Å². The summed E-state index contributed by atoms with van der Waals surface area (Å²) in [5.74, 6) is 0.457. The molecule has 0 bridgehead atoms. The molecular formula is C27H25N5O2S. The summed E-state index contributed by atoms with van der Waals surface area (Å²) in [5, 5.41) is 8.62. The lowest BCUT2D eigenvalue weighted by Gasteiger charge is -2.37. The summed E-state index contributed by atoms with van der Waals surface area (Å²) in [6.07, 6.45) is 0. The van der Waals surface area contributed by atoms with Crippen LogP contribution in [0.1, 0.15) is 16.5 Å². The van der Waals surface area contributed by atoms with E-state index < -0.39 is 15.1 Å². The fraction of sp³-hybridized carbons (Fsp3) is 0.222. The molecule has 0 aliphatic carbocycles. The van der Waals surface area contributed by atoms with Gasteiger partial charge in [-0.15, -0.1) is 0 Å². The van der Waals surface area contributed by atoms with E-state index in [2.05, 4.69) is 22.0 Å². The van der Waals surface area contributed by atoms with Crippen LogP contribution in [0.5, 0.6) is 0 Å². The number of para-hydroxylation sites is 3. The lowest BCUT2D eigenvalue weighted by molar-refractivity contribution is 0.589. The Morgan fingerprint density at radius 2 is 1.37 bits per heavy atom. The average Bonchev–Trinajstić information content (AvgIpc) is 2.89. The molecule has 0 amide bonds. The number of sulfone groups is 1. The van der Waals surface area contributed by atoms with Gasteiger partial charge in [-0.1, -0.05) is 48.0 Å². The molecule has 0 saturated carbocycles. The number of aromatic nitrogens is 2. The van der Waals surface area contributed by atoms with Crippen LogP contribution >= 0.6 is 0 Å². The van der Waals surface area contributed by atoms with Crippen molar-refractivity contribution in [1.29, 1.82) is 5.26 Å². The van der Waals surface area contributed by atoms with E-state index in [0.29, 0.717) is 29.9 Å². The number of nitrogens with zero attached hydrogens (tertiary/aromatic N) is 5. The molecule has 7 nitrogen and oxygen atoms in total. The molecule has 1 unspecified atom stereocenters. The van der Waals surface area contributed by atoms with Gasteiger partial charge in [-0.05, 0) is 43.3 Å². The zero-order valence-corrected chi connectivity index (χ0v) is 20.2. The Bertz CT molecular complexity index is 1490. The van der Waals surface area contributed by atoms with Gasteiger partial charge in [0, 0.05) is 31.9 Å². The summed E-state index contributed by atoms with van der Waals surface area (Å²) in [6, 6.07) is 26.1. The maximum absolute atomic E-state index is 13.6. The third-order valence-electron chi connectivity index (χ3n) is 6.30. The van der Waals surface area contributed by atoms with Crippen LogP contribution in [0.15, 0.2) is 83.8 Å². The van der Waals surface area contributed by atoms with Crippen LogP contribution in [0.4, 0.5) is 11.5 Å². The molecule has 35 heavy (non-hydrogen) atoms. The molecule has 2 heterocycles. The summed E-state index contributed by atoms with van der Waals surface area (Å²) in [7, 11) is -4.01. The van der Waals surface area contributed by atoms with Gasteiger partial charge in [0.25, 0.3) is 0 Å². The molecule has 0 N–H and O–H groups in total. The summed E-state index contributed by atoms with van der Waals surface area (Å²) < 4.78 is 27.1. The highest BCUT2D eigenvalue weighted by Crippen LogP contribution is 2.34. The third kappa shape index (κ3) is 4.43. The molecule has 1 aliphatic rings. The zero-order valence-electron chi connectivity index (χ0n) is 19.4. The molecule has 4 aromatic rings. The first-order valence-corrected chi connectivity index (χ1v) is 13.0. The molecule has 176 valence electrons. The van der Waals surface area contributed by atoms with Gasteiger partial charge in [0.2, 0.25) is 9.84 Å². The van der Waals surface area contributed by atoms with Gasteiger partial charge in [-0.2, -0.15) is 5.26 Å². The van der Waals surface area contributed by atoms with Crippen LogP contribution in [0.2, 0.25) is 0 Å². The Balaban J connectivity index is 1.55. The molecule has 5 rings (SSSR count). The van der Waals surface area contributed by atoms with Crippen molar-refractivity contribution >= 4 is 32.4 Å². The summed E-state index contributed by atoms with van der Waals surface area (Å²) in [5.41, 5.74) is 3.50. The second kappa shape index (κ2) is 9.35. The van der Waals surface area contributed by atoms with E-state index in [9.17, 15) is 13.7 Å². The Kier molecular flexibility index (Phi) is 6.10. The number of hydrogen-bond donors (Lipinski definition) is 0. The zero-order chi connectivity index (χ0) is 24.4. The van der Waals surface area contributed by atoms with Crippen molar-refractivity contribution in [2.75, 3.05) is 36.0 Å². The average molecular weight is 484 g/mol. The normalized spacial score (nSPS) is 15.1. The Morgan fingerprint density at radius 1 is 0.800 bits per heavy atom. The summed E-state index contributed by atoms with van der Waals surface area (Å²) in [6.45, 7) is 4.66. The Hall–Kier alpha value is -3.96. The quantitative estimate of drug-likeness (QED) is 0.418. The minimum atomic E-state index is -4.01. The van der Waals surface area contributed by atoms with E-state index in [1.807, 2.05) is 54.3 Å². The molecule has 1 aliphatic heterocycles. The van der Waals surface area contributed by atoms with Crippen LogP contribution in [0.3, 0.4) is 0 Å². The highest BCUT2D eigenvalue weighted by Gasteiger charge is 2.35. The predicted octanol–water partition coefficient (Wildman–Crippen LogP) is 4.30. The monoisotopic (exact) mass is 483 g/mol. The lowest BCUT2D eigenvalue weighted by Crippen LogP contribution is -2.47. The molecule has 1 fully saturated rings. The van der Waals surface area contributed by atoms with Gasteiger partial charge in [-0.25, -0.2) is 18.4 Å². The van der Waals surface area contributed by atoms with Crippen LogP contribution in [-0.2, 0) is 9.84 Å². The molecule has 1 atom stereocenters.